The van der Waals surface area contributed by atoms with E-state index < -0.39 is 0 Å². The first-order valence-corrected chi connectivity index (χ1v) is 7.70. The monoisotopic (exact) mass is 298 g/mol. The second-order valence-electron chi connectivity index (χ2n) is 5.04. The van der Waals surface area contributed by atoms with Gasteiger partial charge in [-0.3, -0.25) is 0 Å². The number of nitrogens with one attached hydrogen (secondary N) is 2. The molecule has 3 heterocycles. The number of pyridine rings is 1. The van der Waals surface area contributed by atoms with Crippen molar-refractivity contribution in [1.82, 2.24) is 30.2 Å². The van der Waals surface area contributed by atoms with Crippen molar-refractivity contribution < 1.29 is 0 Å². The number of aromatic amines is 1. The minimum atomic E-state index is 0.678. The summed E-state index contributed by atoms with van der Waals surface area (Å²) in [6.07, 6.45) is 7.68. The number of imidazole rings is 1. The first-order chi connectivity index (χ1) is 10.4. The summed E-state index contributed by atoms with van der Waals surface area (Å²) in [6, 6.07) is 4.85. The summed E-state index contributed by atoms with van der Waals surface area (Å²) in [7, 11) is 0. The number of hydrogen-bond acceptors (Lipinski definition) is 6. The van der Waals surface area contributed by atoms with Crippen LogP contribution in [0.5, 0.6) is 0 Å². The van der Waals surface area contributed by atoms with E-state index in [0.29, 0.717) is 11.7 Å². The van der Waals surface area contributed by atoms with E-state index in [-0.39, 0.29) is 0 Å². The highest BCUT2D eigenvalue weighted by Crippen LogP contribution is 2.28. The zero-order chi connectivity index (χ0) is 14.1. The van der Waals surface area contributed by atoms with E-state index in [1.54, 1.807) is 6.33 Å². The Kier molecular flexibility index (Phi) is 3.28. The highest BCUT2D eigenvalue weighted by molar-refractivity contribution is 7.99. The topological polar surface area (TPSA) is 79.4 Å². The third-order valence-corrected chi connectivity index (χ3v) is 4.31. The summed E-state index contributed by atoms with van der Waals surface area (Å²) in [5.41, 5.74) is 2.74. The van der Waals surface area contributed by atoms with Gasteiger partial charge in [0.2, 0.25) is 0 Å². The van der Waals surface area contributed by atoms with Gasteiger partial charge in [-0.25, -0.2) is 19.9 Å². The molecule has 1 saturated carbocycles. The molecule has 3 aromatic rings. The molecule has 106 valence electrons. The van der Waals surface area contributed by atoms with Gasteiger partial charge in [0.1, 0.15) is 21.9 Å². The fraction of sp³-hybridized carbons (Fsp3) is 0.286. The van der Waals surface area contributed by atoms with Gasteiger partial charge >= 0.3 is 0 Å². The van der Waals surface area contributed by atoms with Gasteiger partial charge < -0.3 is 10.3 Å². The molecule has 0 bridgehead atoms. The van der Waals surface area contributed by atoms with Crippen LogP contribution in [0.25, 0.3) is 11.2 Å². The lowest BCUT2D eigenvalue weighted by molar-refractivity contribution is 0.685. The van der Waals surface area contributed by atoms with Crippen LogP contribution in [-0.4, -0.2) is 31.0 Å². The second kappa shape index (κ2) is 5.42. The molecule has 0 aliphatic heterocycles. The molecular weight excluding hydrogens is 284 g/mol. The van der Waals surface area contributed by atoms with Crippen molar-refractivity contribution in [2.75, 3.05) is 0 Å². The zero-order valence-electron chi connectivity index (χ0n) is 11.3. The minimum Gasteiger partial charge on any atom is -0.341 e. The molecule has 4 rings (SSSR count). The summed E-state index contributed by atoms with van der Waals surface area (Å²) < 4.78 is 0. The summed E-state index contributed by atoms with van der Waals surface area (Å²) in [6.45, 7) is 0.890. The van der Waals surface area contributed by atoms with E-state index in [1.807, 2.05) is 12.3 Å². The summed E-state index contributed by atoms with van der Waals surface area (Å²) in [4.78, 5) is 20.1. The van der Waals surface area contributed by atoms with Crippen molar-refractivity contribution in [1.29, 1.82) is 0 Å². The molecule has 0 saturated heterocycles. The van der Waals surface area contributed by atoms with Crippen LogP contribution >= 0.6 is 11.8 Å². The van der Waals surface area contributed by atoms with Gasteiger partial charge in [0, 0.05) is 18.8 Å². The van der Waals surface area contributed by atoms with Crippen molar-refractivity contribution in [3.63, 3.8) is 0 Å². The van der Waals surface area contributed by atoms with E-state index in [4.69, 9.17) is 0 Å². The van der Waals surface area contributed by atoms with Crippen LogP contribution in [0.15, 0.2) is 41.0 Å². The number of hydrogen-bond donors (Lipinski definition) is 2. The van der Waals surface area contributed by atoms with Crippen LogP contribution in [-0.2, 0) is 6.54 Å². The lowest BCUT2D eigenvalue weighted by atomic mass is 10.3. The van der Waals surface area contributed by atoms with Gasteiger partial charge in [-0.1, -0.05) is 6.07 Å². The van der Waals surface area contributed by atoms with Crippen LogP contribution in [0.4, 0.5) is 0 Å². The second-order valence-corrected chi connectivity index (χ2v) is 6.05. The van der Waals surface area contributed by atoms with Gasteiger partial charge in [-0.2, -0.15) is 0 Å². The Hall–Kier alpha value is -1.99. The third kappa shape index (κ3) is 2.88. The molecule has 0 radical (unpaired) electrons. The van der Waals surface area contributed by atoms with Crippen LogP contribution in [0.2, 0.25) is 0 Å². The van der Waals surface area contributed by atoms with Crippen molar-refractivity contribution in [3.8, 4) is 0 Å². The molecular formula is C14H14N6S. The lowest BCUT2D eigenvalue weighted by Gasteiger charge is -2.04. The number of rotatable bonds is 5. The molecule has 1 fully saturated rings. The molecule has 3 aromatic heterocycles. The fourth-order valence-corrected chi connectivity index (χ4v) is 2.84. The highest BCUT2D eigenvalue weighted by Gasteiger charge is 2.19. The molecule has 7 heteroatoms. The third-order valence-electron chi connectivity index (χ3n) is 3.36. The molecule has 0 amide bonds. The average molecular weight is 298 g/mol. The van der Waals surface area contributed by atoms with Crippen LogP contribution in [0, 0.1) is 0 Å². The Morgan fingerprint density at radius 3 is 2.95 bits per heavy atom. The smallest absolute Gasteiger partial charge is 0.181 e. The largest absolute Gasteiger partial charge is 0.341 e. The first kappa shape index (κ1) is 12.7. The van der Waals surface area contributed by atoms with Crippen molar-refractivity contribution in [3.05, 3.63) is 36.5 Å². The summed E-state index contributed by atoms with van der Waals surface area (Å²) >= 11 is 1.51. The van der Waals surface area contributed by atoms with Gasteiger partial charge in [0.15, 0.2) is 5.65 Å². The molecule has 0 spiro atoms. The minimum absolute atomic E-state index is 0.678. The normalized spacial score (nSPS) is 14.7. The Morgan fingerprint density at radius 1 is 1.19 bits per heavy atom. The number of nitrogens with zero attached hydrogens (tertiary/aromatic N) is 4. The highest BCUT2D eigenvalue weighted by atomic mass is 32.2. The Labute approximate surface area is 125 Å². The molecule has 6 nitrogen and oxygen atoms in total. The molecule has 0 unspecified atom stereocenters. The maximum Gasteiger partial charge on any atom is 0.181 e. The maximum absolute atomic E-state index is 4.49. The van der Waals surface area contributed by atoms with E-state index >= 15 is 0 Å². The van der Waals surface area contributed by atoms with E-state index in [9.17, 15) is 0 Å². The van der Waals surface area contributed by atoms with Gasteiger partial charge in [0.25, 0.3) is 0 Å². The SMILES string of the molecule is c1nc(Sc2ccc(CNC3CC3)cn2)c2[nH]cnc2n1. The number of H-pyrrole nitrogens is 1. The van der Waals surface area contributed by atoms with Gasteiger partial charge in [-0.15, -0.1) is 0 Å². The predicted molar refractivity (Wildman–Crippen MR) is 79.9 cm³/mol. The quantitative estimate of drug-likeness (QED) is 0.703. The van der Waals surface area contributed by atoms with Gasteiger partial charge in [-0.05, 0) is 36.2 Å². The Balaban J connectivity index is 1.49. The molecule has 1 aliphatic carbocycles. The number of aromatic nitrogens is 5. The van der Waals surface area contributed by atoms with Crippen LogP contribution in [0.3, 0.4) is 0 Å². The van der Waals surface area contributed by atoms with Crippen LogP contribution in [0.1, 0.15) is 18.4 Å². The lowest BCUT2D eigenvalue weighted by Crippen LogP contribution is -2.15. The summed E-state index contributed by atoms with van der Waals surface area (Å²) in [5.74, 6) is 0. The predicted octanol–water partition coefficient (Wildman–Crippen LogP) is 2.15. The molecule has 21 heavy (non-hydrogen) atoms. The Morgan fingerprint density at radius 2 is 2.14 bits per heavy atom. The molecule has 1 aliphatic rings. The van der Waals surface area contributed by atoms with E-state index in [2.05, 4.69) is 36.3 Å². The molecule has 0 atom stereocenters. The van der Waals surface area contributed by atoms with Crippen molar-refractivity contribution >= 4 is 22.9 Å². The Bertz CT molecular complexity index is 750. The molecule has 2 N–H and O–H groups in total. The van der Waals surface area contributed by atoms with Crippen molar-refractivity contribution in [2.45, 2.75) is 35.5 Å². The van der Waals surface area contributed by atoms with E-state index in [1.165, 1.54) is 36.5 Å². The zero-order valence-corrected chi connectivity index (χ0v) is 12.1. The first-order valence-electron chi connectivity index (χ1n) is 6.89. The standard InChI is InChI=1S/C14H14N6S/c1-4-11(16-6-9(1)5-15-10-2-3-10)21-14-12-13(18-7-17-12)19-8-20-14/h1,4,6-8,10,15H,2-3,5H2,(H,17,18,19,20). The average Bonchev–Trinajstić information content (AvgIpc) is 3.22. The number of fused-ring (bicyclic) bond motifs is 1. The van der Waals surface area contributed by atoms with Crippen molar-refractivity contribution in [2.24, 2.45) is 0 Å². The summed E-state index contributed by atoms with van der Waals surface area (Å²) in [5, 5.41) is 5.24. The molecule has 0 aromatic carbocycles. The van der Waals surface area contributed by atoms with E-state index in [0.717, 1.165) is 22.1 Å². The fourth-order valence-electron chi connectivity index (χ4n) is 2.04. The van der Waals surface area contributed by atoms with Crippen LogP contribution < -0.4 is 5.32 Å². The van der Waals surface area contributed by atoms with Gasteiger partial charge in [0.05, 0.1) is 6.33 Å². The maximum atomic E-state index is 4.49.